The van der Waals surface area contributed by atoms with Crippen LogP contribution < -0.4 is 10.1 Å². The molecule has 5 nitrogen and oxygen atoms in total. The van der Waals surface area contributed by atoms with Crippen LogP contribution in [0.1, 0.15) is 30.5 Å². The maximum Gasteiger partial charge on any atom is 0.249 e. The van der Waals surface area contributed by atoms with Crippen LogP contribution in [-0.2, 0) is 4.79 Å². The molecule has 4 rings (SSSR count). The van der Waals surface area contributed by atoms with Crippen LogP contribution >= 0.6 is 11.6 Å². The molecule has 0 spiro atoms. The number of carbonyl (C=O) groups is 1. The first-order valence-corrected chi connectivity index (χ1v) is 11.1. The summed E-state index contributed by atoms with van der Waals surface area (Å²) in [5.74, 6) is 0.810. The van der Waals surface area contributed by atoms with Gasteiger partial charge in [0.25, 0.3) is 0 Å². The normalized spacial score (nSPS) is 11.6. The van der Waals surface area contributed by atoms with Gasteiger partial charge in [-0.2, -0.15) is 0 Å². The zero-order valence-electron chi connectivity index (χ0n) is 19.0. The molecule has 4 aromatic rings. The van der Waals surface area contributed by atoms with Crippen molar-refractivity contribution in [3.8, 4) is 16.9 Å². The lowest BCUT2D eigenvalue weighted by Gasteiger charge is -2.12. The highest BCUT2D eigenvalue weighted by Crippen LogP contribution is 2.38. The molecule has 0 saturated carbocycles. The minimum Gasteiger partial charge on any atom is -0.493 e. The molecule has 0 radical (unpaired) electrons. The van der Waals surface area contributed by atoms with Gasteiger partial charge in [-0.25, -0.2) is 4.98 Å². The number of furan rings is 1. The average molecular weight is 461 g/mol. The number of carbonyl (C=O) groups excluding carboxylic acids is 1. The molecule has 0 saturated heterocycles. The maximum absolute atomic E-state index is 12.6. The minimum absolute atomic E-state index is 0.285. The first-order chi connectivity index (χ1) is 15.9. The van der Waals surface area contributed by atoms with E-state index in [0.717, 1.165) is 33.2 Å². The van der Waals surface area contributed by atoms with Crippen LogP contribution in [-0.4, -0.2) is 17.5 Å². The van der Waals surface area contributed by atoms with E-state index in [1.54, 1.807) is 18.4 Å². The lowest BCUT2D eigenvalue weighted by atomic mass is 9.96. The van der Waals surface area contributed by atoms with Crippen LogP contribution in [0.5, 0.6) is 5.75 Å². The number of ether oxygens (including phenoxy) is 1. The molecule has 0 aliphatic carbocycles. The third kappa shape index (κ3) is 4.94. The summed E-state index contributed by atoms with van der Waals surface area (Å²) in [5, 5.41) is 4.23. The quantitative estimate of drug-likeness (QED) is 0.309. The molecule has 6 heteroatoms. The number of anilines is 1. The molecule has 2 aromatic carbocycles. The van der Waals surface area contributed by atoms with Gasteiger partial charge in [0.05, 0.1) is 17.9 Å². The van der Waals surface area contributed by atoms with Gasteiger partial charge in [0.1, 0.15) is 17.2 Å². The number of fused-ring (bicyclic) bond motifs is 1. The number of nitrogens with zero attached hydrogens (tertiary/aromatic N) is 1. The van der Waals surface area contributed by atoms with Gasteiger partial charge in [-0.3, -0.25) is 4.79 Å². The second-order valence-corrected chi connectivity index (χ2v) is 8.36. The summed E-state index contributed by atoms with van der Waals surface area (Å²) >= 11 is 5.86. The Morgan fingerprint density at radius 1 is 1.15 bits per heavy atom. The second-order valence-electron chi connectivity index (χ2n) is 7.92. The van der Waals surface area contributed by atoms with E-state index in [9.17, 15) is 4.79 Å². The Morgan fingerprint density at radius 2 is 1.97 bits per heavy atom. The lowest BCUT2D eigenvalue weighted by molar-refractivity contribution is -0.111. The summed E-state index contributed by atoms with van der Waals surface area (Å²) < 4.78 is 11.8. The third-order valence-corrected chi connectivity index (χ3v) is 5.62. The van der Waals surface area contributed by atoms with Gasteiger partial charge in [0, 0.05) is 34.9 Å². The standard InChI is InChI=1S/C27H25ClN2O3/c1-5-32-24-13-25-22(23(15-33-25)20-8-6-16(2)10-17(20)3)12-21(24)18(4)11-27(31)30-26-9-7-19(28)14-29-26/h6-15H,5H2,1-4H3,(H,29,30,31)/b18-11+. The van der Waals surface area contributed by atoms with Crippen LogP contribution in [0.25, 0.3) is 27.7 Å². The van der Waals surface area contributed by atoms with Gasteiger partial charge in [-0.1, -0.05) is 35.4 Å². The van der Waals surface area contributed by atoms with Gasteiger partial charge < -0.3 is 14.5 Å². The van der Waals surface area contributed by atoms with Crippen molar-refractivity contribution in [1.29, 1.82) is 0 Å². The number of aromatic nitrogens is 1. The van der Waals surface area contributed by atoms with Crippen LogP contribution in [0.3, 0.4) is 0 Å². The second kappa shape index (κ2) is 9.51. The number of pyridine rings is 1. The summed E-state index contributed by atoms with van der Waals surface area (Å²) in [6.07, 6.45) is 4.80. The maximum atomic E-state index is 12.6. The Labute approximate surface area is 198 Å². The number of halogens is 1. The van der Waals surface area contributed by atoms with Crippen molar-refractivity contribution in [3.05, 3.63) is 82.7 Å². The smallest absolute Gasteiger partial charge is 0.249 e. The summed E-state index contributed by atoms with van der Waals surface area (Å²) in [7, 11) is 0. The number of aryl methyl sites for hydroxylation is 2. The van der Waals surface area contributed by atoms with Crippen molar-refractivity contribution in [1.82, 2.24) is 4.98 Å². The van der Waals surface area contributed by atoms with E-state index >= 15 is 0 Å². The first-order valence-electron chi connectivity index (χ1n) is 10.7. The molecule has 168 valence electrons. The van der Waals surface area contributed by atoms with Gasteiger partial charge in [0.15, 0.2) is 0 Å². The Kier molecular flexibility index (Phi) is 6.52. The topological polar surface area (TPSA) is 64.4 Å². The van der Waals surface area contributed by atoms with Gasteiger partial charge >= 0.3 is 0 Å². The molecule has 2 heterocycles. The zero-order valence-corrected chi connectivity index (χ0v) is 19.8. The highest BCUT2D eigenvalue weighted by molar-refractivity contribution is 6.30. The average Bonchev–Trinajstić information content (AvgIpc) is 3.17. The van der Waals surface area contributed by atoms with Gasteiger partial charge in [0.2, 0.25) is 5.91 Å². The molecular weight excluding hydrogens is 436 g/mol. The van der Waals surface area contributed by atoms with E-state index < -0.39 is 0 Å². The van der Waals surface area contributed by atoms with Crippen LogP contribution in [0.4, 0.5) is 5.82 Å². The number of rotatable bonds is 6. The summed E-state index contributed by atoms with van der Waals surface area (Å²) in [4.78, 5) is 16.7. The SMILES string of the molecule is CCOc1cc2occ(-c3ccc(C)cc3C)c2cc1/C(C)=C/C(=O)Nc1ccc(Cl)cn1. The van der Waals surface area contributed by atoms with E-state index in [4.69, 9.17) is 20.8 Å². The summed E-state index contributed by atoms with van der Waals surface area (Å²) in [6.45, 7) is 8.48. The zero-order chi connectivity index (χ0) is 23.5. The number of allylic oxidation sites excluding steroid dienone is 1. The number of hydrogen-bond donors (Lipinski definition) is 1. The van der Waals surface area contributed by atoms with Crippen LogP contribution in [0.15, 0.2) is 65.4 Å². The predicted molar refractivity (Wildman–Crippen MR) is 134 cm³/mol. The van der Waals surface area contributed by atoms with Crippen molar-refractivity contribution in [2.75, 3.05) is 11.9 Å². The van der Waals surface area contributed by atoms with Crippen LogP contribution in [0, 0.1) is 13.8 Å². The molecule has 0 aliphatic rings. The molecule has 1 N–H and O–H groups in total. The monoisotopic (exact) mass is 460 g/mol. The van der Waals surface area contributed by atoms with E-state index in [0.29, 0.717) is 23.2 Å². The van der Waals surface area contributed by atoms with Gasteiger partial charge in [-0.05, 0) is 62.6 Å². The Morgan fingerprint density at radius 3 is 2.67 bits per heavy atom. The third-order valence-electron chi connectivity index (χ3n) is 5.40. The van der Waals surface area contributed by atoms with Gasteiger partial charge in [-0.15, -0.1) is 0 Å². The van der Waals surface area contributed by atoms with Crippen molar-refractivity contribution in [2.45, 2.75) is 27.7 Å². The first kappa shape index (κ1) is 22.6. The van der Waals surface area contributed by atoms with Crippen LogP contribution in [0.2, 0.25) is 5.02 Å². The molecule has 0 fully saturated rings. The fourth-order valence-corrected chi connectivity index (χ4v) is 3.96. The molecule has 1 amide bonds. The molecule has 0 aliphatic heterocycles. The number of benzene rings is 2. The fraction of sp³-hybridized carbons (Fsp3) is 0.185. The summed E-state index contributed by atoms with van der Waals surface area (Å²) in [5.41, 5.74) is 6.84. The van der Waals surface area contributed by atoms with E-state index in [1.165, 1.54) is 23.4 Å². The Balaban J connectivity index is 1.74. The predicted octanol–water partition coefficient (Wildman–Crippen LogP) is 7.21. The summed E-state index contributed by atoms with van der Waals surface area (Å²) in [6, 6.07) is 13.6. The van der Waals surface area contributed by atoms with Crippen molar-refractivity contribution in [3.63, 3.8) is 0 Å². The number of nitrogens with one attached hydrogen (secondary N) is 1. The highest BCUT2D eigenvalue weighted by Gasteiger charge is 2.16. The van der Waals surface area contributed by atoms with E-state index in [2.05, 4.69) is 42.3 Å². The molecule has 0 unspecified atom stereocenters. The van der Waals surface area contributed by atoms with Crippen molar-refractivity contribution in [2.24, 2.45) is 0 Å². The fourth-order valence-electron chi connectivity index (χ4n) is 3.85. The van der Waals surface area contributed by atoms with E-state index in [-0.39, 0.29) is 5.91 Å². The number of amides is 1. The number of hydrogen-bond acceptors (Lipinski definition) is 4. The van der Waals surface area contributed by atoms with Crippen molar-refractivity contribution >= 4 is 39.9 Å². The Hall–Kier alpha value is -3.57. The molecular formula is C27H25ClN2O3. The molecule has 0 atom stereocenters. The van der Waals surface area contributed by atoms with E-state index in [1.807, 2.05) is 26.0 Å². The molecule has 0 bridgehead atoms. The highest BCUT2D eigenvalue weighted by atomic mass is 35.5. The lowest BCUT2D eigenvalue weighted by Crippen LogP contribution is -2.10. The van der Waals surface area contributed by atoms with Crippen molar-refractivity contribution < 1.29 is 13.9 Å². The largest absolute Gasteiger partial charge is 0.493 e. The molecule has 33 heavy (non-hydrogen) atoms. The molecule has 2 aromatic heterocycles. The minimum atomic E-state index is -0.285. The Bertz CT molecular complexity index is 1350.